The van der Waals surface area contributed by atoms with Crippen molar-refractivity contribution < 1.29 is 8.42 Å². The summed E-state index contributed by atoms with van der Waals surface area (Å²) in [7, 11) is -3.69. The second-order valence-corrected chi connectivity index (χ2v) is 7.26. The first kappa shape index (κ1) is 14.6. The van der Waals surface area contributed by atoms with Gasteiger partial charge in [0, 0.05) is 6.04 Å². The van der Waals surface area contributed by atoms with Gasteiger partial charge in [-0.3, -0.25) is 0 Å². The van der Waals surface area contributed by atoms with E-state index in [4.69, 9.17) is 16.7 Å². The number of nitrogens with one attached hydrogen (secondary N) is 1. The Hall–Kier alpha value is -0.780. The minimum atomic E-state index is -3.69. The number of benzene rings is 1. The standard InChI is InChI=1S/C13H19ClN2O2S/c1-9-2-4-10(5-3-9)16-13-8-11(19(15,17)18)6-7-12(13)14/h6-10,16H,2-5H2,1H3,(H2,15,17,18). The highest BCUT2D eigenvalue weighted by atomic mass is 35.5. The quantitative estimate of drug-likeness (QED) is 0.901. The highest BCUT2D eigenvalue weighted by molar-refractivity contribution is 7.89. The van der Waals surface area contributed by atoms with Gasteiger partial charge in [0.25, 0.3) is 0 Å². The average molecular weight is 303 g/mol. The monoisotopic (exact) mass is 302 g/mol. The number of rotatable bonds is 3. The van der Waals surface area contributed by atoms with E-state index in [1.54, 1.807) is 6.07 Å². The van der Waals surface area contributed by atoms with Gasteiger partial charge in [-0.2, -0.15) is 0 Å². The van der Waals surface area contributed by atoms with Crippen LogP contribution in [0.3, 0.4) is 0 Å². The third-order valence-electron chi connectivity index (χ3n) is 3.64. The maximum absolute atomic E-state index is 11.3. The minimum absolute atomic E-state index is 0.0866. The van der Waals surface area contributed by atoms with Crippen molar-refractivity contribution in [1.29, 1.82) is 0 Å². The Kier molecular flexibility index (Phi) is 4.38. The van der Waals surface area contributed by atoms with Crippen LogP contribution in [0.2, 0.25) is 5.02 Å². The molecular formula is C13H19ClN2O2S. The van der Waals surface area contributed by atoms with Gasteiger partial charge in [-0.25, -0.2) is 13.6 Å². The van der Waals surface area contributed by atoms with Crippen LogP contribution in [-0.4, -0.2) is 14.5 Å². The van der Waals surface area contributed by atoms with E-state index in [0.29, 0.717) is 16.8 Å². The summed E-state index contributed by atoms with van der Waals surface area (Å²) in [6.07, 6.45) is 4.53. The number of nitrogens with two attached hydrogens (primary N) is 1. The smallest absolute Gasteiger partial charge is 0.238 e. The first-order valence-corrected chi connectivity index (χ1v) is 8.37. The largest absolute Gasteiger partial charge is 0.381 e. The summed E-state index contributed by atoms with van der Waals surface area (Å²) in [5.74, 6) is 0.768. The molecule has 19 heavy (non-hydrogen) atoms. The Balaban J connectivity index is 2.16. The van der Waals surface area contributed by atoms with Gasteiger partial charge < -0.3 is 5.32 Å². The van der Waals surface area contributed by atoms with Crippen molar-refractivity contribution >= 4 is 27.3 Å². The lowest BCUT2D eigenvalue weighted by molar-refractivity contribution is 0.361. The first-order chi connectivity index (χ1) is 8.86. The van der Waals surface area contributed by atoms with Crippen molar-refractivity contribution in [1.82, 2.24) is 0 Å². The summed E-state index contributed by atoms with van der Waals surface area (Å²) in [4.78, 5) is 0.0866. The van der Waals surface area contributed by atoms with Crippen molar-refractivity contribution in [3.8, 4) is 0 Å². The van der Waals surface area contributed by atoms with Gasteiger partial charge in [-0.1, -0.05) is 18.5 Å². The maximum Gasteiger partial charge on any atom is 0.238 e. The van der Waals surface area contributed by atoms with Crippen LogP contribution in [0.25, 0.3) is 0 Å². The van der Waals surface area contributed by atoms with E-state index in [1.807, 2.05) is 0 Å². The van der Waals surface area contributed by atoms with Crippen molar-refractivity contribution in [2.75, 3.05) is 5.32 Å². The van der Waals surface area contributed by atoms with Gasteiger partial charge in [-0.05, 0) is 49.8 Å². The maximum atomic E-state index is 11.3. The summed E-state index contributed by atoms with van der Waals surface area (Å²) >= 11 is 6.10. The highest BCUT2D eigenvalue weighted by Gasteiger charge is 2.19. The zero-order valence-electron chi connectivity index (χ0n) is 10.9. The summed E-state index contributed by atoms with van der Waals surface area (Å²) < 4.78 is 22.7. The number of hydrogen-bond donors (Lipinski definition) is 2. The number of halogens is 1. The molecule has 4 nitrogen and oxygen atoms in total. The van der Waals surface area contributed by atoms with Gasteiger partial charge in [0.2, 0.25) is 10.0 Å². The molecule has 0 aromatic heterocycles. The molecule has 0 heterocycles. The van der Waals surface area contributed by atoms with Crippen LogP contribution in [-0.2, 0) is 10.0 Å². The Labute approximate surface area is 119 Å². The van der Waals surface area contributed by atoms with Gasteiger partial charge in [0.15, 0.2) is 0 Å². The van der Waals surface area contributed by atoms with E-state index >= 15 is 0 Å². The molecule has 1 saturated carbocycles. The van der Waals surface area contributed by atoms with Crippen LogP contribution >= 0.6 is 11.6 Å². The SMILES string of the molecule is CC1CCC(Nc2cc(S(N)(=O)=O)ccc2Cl)CC1. The lowest BCUT2D eigenvalue weighted by atomic mass is 9.87. The second kappa shape index (κ2) is 5.69. The van der Waals surface area contributed by atoms with Crippen LogP contribution in [0.1, 0.15) is 32.6 Å². The third-order valence-corrected chi connectivity index (χ3v) is 4.88. The molecule has 1 aliphatic carbocycles. The molecule has 1 fully saturated rings. The molecule has 0 spiro atoms. The van der Waals surface area contributed by atoms with Crippen LogP contribution in [0, 0.1) is 5.92 Å². The van der Waals surface area contributed by atoms with Gasteiger partial charge >= 0.3 is 0 Å². The van der Waals surface area contributed by atoms with Gasteiger partial charge in [0.1, 0.15) is 0 Å². The molecule has 2 rings (SSSR count). The Morgan fingerprint density at radius 2 is 1.89 bits per heavy atom. The highest BCUT2D eigenvalue weighted by Crippen LogP contribution is 2.30. The molecule has 0 atom stereocenters. The predicted molar refractivity (Wildman–Crippen MR) is 77.9 cm³/mol. The molecule has 0 aliphatic heterocycles. The lowest BCUT2D eigenvalue weighted by Crippen LogP contribution is -2.25. The lowest BCUT2D eigenvalue weighted by Gasteiger charge is -2.28. The van der Waals surface area contributed by atoms with E-state index in [9.17, 15) is 8.42 Å². The second-order valence-electron chi connectivity index (χ2n) is 5.29. The molecule has 1 aromatic rings. The molecule has 0 bridgehead atoms. The normalized spacial score (nSPS) is 24.2. The van der Waals surface area contributed by atoms with E-state index in [2.05, 4.69) is 12.2 Å². The summed E-state index contributed by atoms with van der Waals surface area (Å²) in [6, 6.07) is 4.85. The van der Waals surface area contributed by atoms with Crippen LogP contribution < -0.4 is 10.5 Å². The molecule has 3 N–H and O–H groups in total. The summed E-state index contributed by atoms with van der Waals surface area (Å²) in [6.45, 7) is 2.25. The van der Waals surface area contributed by atoms with Crippen LogP contribution in [0.5, 0.6) is 0 Å². The zero-order chi connectivity index (χ0) is 14.0. The molecule has 1 aliphatic rings. The van der Waals surface area contributed by atoms with Crippen molar-refractivity contribution in [2.45, 2.75) is 43.5 Å². The van der Waals surface area contributed by atoms with Crippen molar-refractivity contribution in [3.63, 3.8) is 0 Å². The minimum Gasteiger partial charge on any atom is -0.381 e. The average Bonchev–Trinajstić information content (AvgIpc) is 2.33. The number of primary sulfonamides is 1. The fraction of sp³-hybridized carbons (Fsp3) is 0.538. The first-order valence-electron chi connectivity index (χ1n) is 6.45. The van der Waals surface area contributed by atoms with E-state index in [1.165, 1.54) is 25.0 Å². The van der Waals surface area contributed by atoms with Gasteiger partial charge in [0.05, 0.1) is 15.6 Å². The fourth-order valence-electron chi connectivity index (χ4n) is 2.42. The Bertz CT molecular complexity index is 552. The zero-order valence-corrected chi connectivity index (χ0v) is 12.5. The van der Waals surface area contributed by atoms with Crippen molar-refractivity contribution in [3.05, 3.63) is 23.2 Å². The molecule has 6 heteroatoms. The van der Waals surface area contributed by atoms with E-state index in [-0.39, 0.29) is 4.90 Å². The number of sulfonamides is 1. The fourth-order valence-corrected chi connectivity index (χ4v) is 3.13. The van der Waals surface area contributed by atoms with E-state index < -0.39 is 10.0 Å². The Morgan fingerprint density at radius 3 is 2.47 bits per heavy atom. The number of anilines is 1. The molecular weight excluding hydrogens is 284 g/mol. The molecule has 0 unspecified atom stereocenters. The molecule has 106 valence electrons. The topological polar surface area (TPSA) is 72.2 Å². The van der Waals surface area contributed by atoms with E-state index in [0.717, 1.165) is 18.8 Å². The molecule has 1 aromatic carbocycles. The molecule has 0 amide bonds. The van der Waals surface area contributed by atoms with Crippen molar-refractivity contribution in [2.24, 2.45) is 11.1 Å². The van der Waals surface area contributed by atoms with Crippen LogP contribution in [0.15, 0.2) is 23.1 Å². The molecule has 0 saturated heterocycles. The third kappa shape index (κ3) is 3.84. The molecule has 0 radical (unpaired) electrons. The Morgan fingerprint density at radius 1 is 1.26 bits per heavy atom. The summed E-state index contributed by atoms with van der Waals surface area (Å²) in [5.41, 5.74) is 0.646. The van der Waals surface area contributed by atoms with Gasteiger partial charge in [-0.15, -0.1) is 0 Å². The van der Waals surface area contributed by atoms with Crippen LogP contribution in [0.4, 0.5) is 5.69 Å². The predicted octanol–water partition coefficient (Wildman–Crippen LogP) is 2.98. The number of hydrogen-bond acceptors (Lipinski definition) is 3. The summed E-state index contributed by atoms with van der Waals surface area (Å²) in [5, 5.41) is 8.98.